The fourth-order valence-electron chi connectivity index (χ4n) is 6.19. The Hall–Kier alpha value is -3.44. The molecule has 0 bridgehead atoms. The van der Waals surface area contributed by atoms with Crippen LogP contribution in [0.15, 0.2) is 34.8 Å². The highest BCUT2D eigenvalue weighted by Gasteiger charge is 2.68. The van der Waals surface area contributed by atoms with Crippen LogP contribution in [0.25, 0.3) is 0 Å². The molecule has 3 aliphatic rings. The average molecular weight is 685 g/mol. The lowest BCUT2D eigenvalue weighted by molar-refractivity contribution is -0.142. The van der Waals surface area contributed by atoms with E-state index in [2.05, 4.69) is 43.2 Å². The number of halogens is 8. The number of pyridine rings is 1. The molecule has 0 spiro atoms. The third-order valence-electron chi connectivity index (χ3n) is 8.25. The van der Waals surface area contributed by atoms with Crippen molar-refractivity contribution in [1.82, 2.24) is 20.1 Å². The number of fused-ring (bicyclic) bond motifs is 3. The summed E-state index contributed by atoms with van der Waals surface area (Å²) in [5, 5.41) is 16.6. The van der Waals surface area contributed by atoms with E-state index in [0.717, 1.165) is 25.0 Å². The van der Waals surface area contributed by atoms with E-state index in [0.29, 0.717) is 28.1 Å². The highest BCUT2D eigenvalue weighted by atomic mass is 79.9. The number of hydrogen-bond acceptors (Lipinski definition) is 4. The Labute approximate surface area is 255 Å². The van der Waals surface area contributed by atoms with Gasteiger partial charge in [0.25, 0.3) is 5.92 Å². The lowest BCUT2D eigenvalue weighted by Crippen LogP contribution is -2.35. The number of rotatable bonds is 6. The first kappa shape index (κ1) is 30.6. The second kappa shape index (κ2) is 10.9. The molecule has 3 atom stereocenters. The lowest BCUT2D eigenvalue weighted by Gasteiger charge is -2.21. The summed E-state index contributed by atoms with van der Waals surface area (Å²) in [5.41, 5.74) is -3.62. The largest absolute Gasteiger partial charge is 0.435 e. The van der Waals surface area contributed by atoms with Crippen LogP contribution in [0.4, 0.5) is 30.7 Å². The van der Waals surface area contributed by atoms with Crippen molar-refractivity contribution < 1.29 is 40.6 Å². The second-order valence-corrected chi connectivity index (χ2v) is 12.3. The maximum atomic E-state index is 15.0. The number of benzene rings is 1. The van der Waals surface area contributed by atoms with Gasteiger partial charge in [-0.3, -0.25) is 9.48 Å². The second-order valence-electron chi connectivity index (χ2n) is 11.5. The van der Waals surface area contributed by atoms with Gasteiger partial charge in [-0.1, -0.05) is 5.92 Å². The molecule has 0 saturated heterocycles. The summed E-state index contributed by atoms with van der Waals surface area (Å²) in [6.45, 7) is -0.967. The summed E-state index contributed by atoms with van der Waals surface area (Å²) >= 11 is 3.35. The Morgan fingerprint density at radius 3 is 2.50 bits per heavy atom. The summed E-state index contributed by atoms with van der Waals surface area (Å²) in [6, 6.07) is 4.74. The molecule has 0 radical (unpaired) electrons. The van der Waals surface area contributed by atoms with E-state index in [-0.39, 0.29) is 29.8 Å². The molecule has 2 saturated carbocycles. The van der Waals surface area contributed by atoms with E-state index in [1.54, 1.807) is 12.1 Å². The zero-order valence-electron chi connectivity index (χ0n) is 22.8. The third kappa shape index (κ3) is 5.83. The molecule has 1 aromatic carbocycles. The number of nitrogens with one attached hydrogen (secondary N) is 1. The summed E-state index contributed by atoms with van der Waals surface area (Å²) in [7, 11) is 0. The van der Waals surface area contributed by atoms with Crippen LogP contribution in [-0.4, -0.2) is 31.4 Å². The molecule has 3 aromatic rings. The van der Waals surface area contributed by atoms with Crippen LogP contribution in [0.5, 0.6) is 0 Å². The first-order chi connectivity index (χ1) is 20.6. The molecule has 0 aliphatic heterocycles. The van der Waals surface area contributed by atoms with Crippen LogP contribution in [0.1, 0.15) is 78.0 Å². The molecule has 2 N–H and O–H groups in total. The summed E-state index contributed by atoms with van der Waals surface area (Å²) in [6.07, 6.45) is -2.67. The monoisotopic (exact) mass is 684 g/mol. The van der Waals surface area contributed by atoms with Gasteiger partial charge in [0.1, 0.15) is 35.2 Å². The molecule has 2 fully saturated rings. The Morgan fingerprint density at radius 2 is 1.84 bits per heavy atom. The van der Waals surface area contributed by atoms with Gasteiger partial charge in [0.15, 0.2) is 5.69 Å². The molecule has 0 unspecified atom stereocenters. The topological polar surface area (TPSA) is 80.0 Å². The van der Waals surface area contributed by atoms with Crippen molar-refractivity contribution in [2.75, 3.05) is 0 Å². The highest BCUT2D eigenvalue weighted by Crippen LogP contribution is 2.68. The van der Waals surface area contributed by atoms with Gasteiger partial charge in [-0.15, -0.1) is 0 Å². The van der Waals surface area contributed by atoms with Crippen molar-refractivity contribution in [2.45, 2.75) is 74.7 Å². The first-order valence-electron chi connectivity index (χ1n) is 13.9. The molecular weight excluding hydrogens is 661 g/mol. The fourth-order valence-corrected chi connectivity index (χ4v) is 6.68. The molecular formula is C30H24BrF7N4O2. The molecule has 232 valence electrons. The predicted molar refractivity (Wildman–Crippen MR) is 145 cm³/mol. The van der Waals surface area contributed by atoms with Crippen LogP contribution in [0.3, 0.4) is 0 Å². The minimum Gasteiger partial charge on any atom is -0.378 e. The van der Waals surface area contributed by atoms with Gasteiger partial charge >= 0.3 is 6.18 Å². The van der Waals surface area contributed by atoms with E-state index in [9.17, 15) is 31.9 Å². The first-order valence-corrected chi connectivity index (χ1v) is 14.7. The summed E-state index contributed by atoms with van der Waals surface area (Å²) in [5.74, 6) is -2.94. The average Bonchev–Trinajstić information content (AvgIpc) is 3.36. The highest BCUT2D eigenvalue weighted by molar-refractivity contribution is 9.10. The Kier molecular flexibility index (Phi) is 7.56. The van der Waals surface area contributed by atoms with E-state index >= 15 is 8.78 Å². The molecule has 14 heteroatoms. The third-order valence-corrected chi connectivity index (χ3v) is 8.92. The molecule has 6 nitrogen and oxygen atoms in total. The minimum atomic E-state index is -4.99. The molecule has 1 amide bonds. The van der Waals surface area contributed by atoms with Gasteiger partial charge in [0.2, 0.25) is 5.91 Å². The minimum absolute atomic E-state index is 0.0937. The number of carbonyl (C=O) groups is 1. The fraction of sp³-hybridized carbons (Fsp3) is 0.433. The van der Waals surface area contributed by atoms with Crippen molar-refractivity contribution in [3.05, 3.63) is 80.3 Å². The van der Waals surface area contributed by atoms with Crippen LogP contribution >= 0.6 is 15.9 Å². The standard InChI is InChI=1S/C30H24BrF7N4O2/c31-21-4-3-18(5-8-28(44)6-1-2-7-28)39-25(21)22(11-15-9-16(32)12-17(33)10-15)40-23(43)14-42-27-24(26(41-42)30(36,37)38)19-13-20(19)29(27,34)35/h3-4,9-10,12,19-20,22,44H,1-2,6-7,11,13-14H2,(H,40,43)/t19-,20+,22-/m0/s1. The predicted octanol–water partition coefficient (Wildman–Crippen LogP) is 6.30. The number of aliphatic hydroxyl groups is 1. The van der Waals surface area contributed by atoms with Gasteiger partial charge < -0.3 is 10.4 Å². The number of amides is 1. The van der Waals surface area contributed by atoms with Gasteiger partial charge in [0, 0.05) is 22.0 Å². The summed E-state index contributed by atoms with van der Waals surface area (Å²) in [4.78, 5) is 17.7. The van der Waals surface area contributed by atoms with E-state index < -0.39 is 76.6 Å². The zero-order valence-corrected chi connectivity index (χ0v) is 24.4. The van der Waals surface area contributed by atoms with E-state index in [1.165, 1.54) is 0 Å². The van der Waals surface area contributed by atoms with E-state index in [1.807, 2.05) is 0 Å². The molecule has 2 heterocycles. The van der Waals surface area contributed by atoms with Gasteiger partial charge in [-0.25, -0.2) is 13.8 Å². The van der Waals surface area contributed by atoms with Crippen LogP contribution in [0, 0.1) is 29.4 Å². The smallest absolute Gasteiger partial charge is 0.378 e. The van der Waals surface area contributed by atoms with Crippen molar-refractivity contribution >= 4 is 21.8 Å². The number of aromatic nitrogens is 3. The maximum absolute atomic E-state index is 15.0. The summed E-state index contributed by atoms with van der Waals surface area (Å²) < 4.78 is 100.0. The van der Waals surface area contributed by atoms with Crippen LogP contribution in [0.2, 0.25) is 0 Å². The quantitative estimate of drug-likeness (QED) is 0.236. The van der Waals surface area contributed by atoms with Crippen LogP contribution in [-0.2, 0) is 29.9 Å². The normalized spacial score (nSPS) is 21.7. The number of hydrogen-bond donors (Lipinski definition) is 2. The molecule has 6 rings (SSSR count). The van der Waals surface area contributed by atoms with Crippen molar-refractivity contribution in [2.24, 2.45) is 5.92 Å². The molecule has 44 heavy (non-hydrogen) atoms. The van der Waals surface area contributed by atoms with E-state index in [4.69, 9.17) is 0 Å². The Bertz CT molecular complexity index is 1690. The number of nitrogens with zero attached hydrogens (tertiary/aromatic N) is 3. The van der Waals surface area contributed by atoms with Gasteiger partial charge in [-0.05, 0) is 96.1 Å². The Morgan fingerprint density at radius 1 is 1.16 bits per heavy atom. The Balaban J connectivity index is 1.33. The van der Waals surface area contributed by atoms with Crippen LogP contribution < -0.4 is 5.32 Å². The van der Waals surface area contributed by atoms with Crippen molar-refractivity contribution in [3.63, 3.8) is 0 Å². The maximum Gasteiger partial charge on any atom is 0.435 e. The van der Waals surface area contributed by atoms with Crippen molar-refractivity contribution in [3.8, 4) is 11.8 Å². The SMILES string of the molecule is O=C(Cn1nc(C(F)(F)F)c2c1C(F)(F)[C@@H]1C[C@H]21)N[C@@H](Cc1cc(F)cc(F)c1)c1nc(C#CC2(O)CCCC2)ccc1Br. The zero-order chi connectivity index (χ0) is 31.6. The molecule has 2 aromatic heterocycles. The lowest BCUT2D eigenvalue weighted by atomic mass is 10.0. The molecule has 3 aliphatic carbocycles. The van der Waals surface area contributed by atoms with Crippen molar-refractivity contribution in [1.29, 1.82) is 0 Å². The van der Waals surface area contributed by atoms with Gasteiger partial charge in [0.05, 0.1) is 11.7 Å². The number of alkyl halides is 5. The number of carbonyl (C=O) groups excluding carboxylic acids is 1. The van der Waals surface area contributed by atoms with Gasteiger partial charge in [-0.2, -0.15) is 27.1 Å².